The van der Waals surface area contributed by atoms with Gasteiger partial charge < -0.3 is 14.9 Å². The average molecular weight is 288 g/mol. The lowest BCUT2D eigenvalue weighted by molar-refractivity contribution is -0.144. The number of hydrogen-bond acceptors (Lipinski definition) is 3. The normalized spacial score (nSPS) is 18.6. The third-order valence-corrected chi connectivity index (χ3v) is 4.67. The van der Waals surface area contributed by atoms with Crippen molar-refractivity contribution >= 4 is 23.8 Å². The minimum atomic E-state index is -0.778. The summed E-state index contributed by atoms with van der Waals surface area (Å²) < 4.78 is 0. The van der Waals surface area contributed by atoms with Crippen LogP contribution in [0.15, 0.2) is 0 Å². The van der Waals surface area contributed by atoms with Gasteiger partial charge in [0.15, 0.2) is 0 Å². The van der Waals surface area contributed by atoms with E-state index in [1.807, 2.05) is 13.3 Å². The third kappa shape index (κ3) is 3.78. The Balaban J connectivity index is 2.46. The van der Waals surface area contributed by atoms with Crippen LogP contribution < -0.4 is 0 Å². The van der Waals surface area contributed by atoms with Crippen LogP contribution in [-0.2, 0) is 4.79 Å². The summed E-state index contributed by atoms with van der Waals surface area (Å²) in [6.07, 6.45) is 2.97. The first-order valence-electron chi connectivity index (χ1n) is 6.65. The van der Waals surface area contributed by atoms with E-state index in [0.29, 0.717) is 13.1 Å². The molecule has 110 valence electrons. The van der Waals surface area contributed by atoms with Crippen molar-refractivity contribution in [3.05, 3.63) is 0 Å². The van der Waals surface area contributed by atoms with Gasteiger partial charge in [-0.05, 0) is 12.7 Å². The number of carbonyl (C=O) groups excluding carboxylic acids is 1. The number of nitrogens with zero attached hydrogens (tertiary/aromatic N) is 2. The van der Waals surface area contributed by atoms with Gasteiger partial charge in [0.05, 0.1) is 5.92 Å². The van der Waals surface area contributed by atoms with Crippen LogP contribution in [-0.4, -0.2) is 65.1 Å². The molecule has 0 aromatic rings. The van der Waals surface area contributed by atoms with E-state index in [4.69, 9.17) is 5.11 Å². The van der Waals surface area contributed by atoms with Gasteiger partial charge >= 0.3 is 12.0 Å². The second kappa shape index (κ2) is 7.03. The smallest absolute Gasteiger partial charge is 0.320 e. The molecular formula is C13H24N2O3S. The van der Waals surface area contributed by atoms with Crippen molar-refractivity contribution in [2.24, 2.45) is 11.8 Å². The summed E-state index contributed by atoms with van der Waals surface area (Å²) in [6, 6.07) is 0.271. The molecule has 1 fully saturated rings. The number of amides is 2. The molecule has 6 heteroatoms. The van der Waals surface area contributed by atoms with Gasteiger partial charge in [0.2, 0.25) is 0 Å². The number of carboxylic acids is 1. The van der Waals surface area contributed by atoms with Crippen LogP contribution in [0.5, 0.6) is 0 Å². The van der Waals surface area contributed by atoms with E-state index in [-0.39, 0.29) is 23.9 Å². The Morgan fingerprint density at radius 2 is 2.05 bits per heavy atom. The number of carboxylic acid groups (broad SMARTS) is 1. The molecule has 0 aromatic heterocycles. The fraction of sp³-hybridized carbons (Fsp3) is 0.846. The molecule has 1 saturated heterocycles. The van der Waals surface area contributed by atoms with Crippen molar-refractivity contribution < 1.29 is 14.7 Å². The zero-order valence-electron chi connectivity index (χ0n) is 12.1. The Morgan fingerprint density at radius 1 is 1.47 bits per heavy atom. The molecule has 0 aromatic carbocycles. The quantitative estimate of drug-likeness (QED) is 0.810. The number of carbonyl (C=O) groups is 2. The predicted molar refractivity (Wildman–Crippen MR) is 77.5 cm³/mol. The number of urea groups is 1. The molecule has 1 N–H and O–H groups in total. The monoisotopic (exact) mass is 288 g/mol. The van der Waals surface area contributed by atoms with Crippen molar-refractivity contribution in [2.75, 3.05) is 32.1 Å². The lowest BCUT2D eigenvalue weighted by Gasteiger charge is -2.44. The Morgan fingerprint density at radius 3 is 2.47 bits per heavy atom. The van der Waals surface area contributed by atoms with Crippen molar-refractivity contribution in [3.8, 4) is 0 Å². The summed E-state index contributed by atoms with van der Waals surface area (Å²) >= 11 is 1.74. The summed E-state index contributed by atoms with van der Waals surface area (Å²) in [5, 5.41) is 8.93. The van der Waals surface area contributed by atoms with Crippen LogP contribution in [0.4, 0.5) is 4.79 Å². The van der Waals surface area contributed by atoms with Crippen LogP contribution in [0.1, 0.15) is 20.3 Å². The summed E-state index contributed by atoms with van der Waals surface area (Å²) in [5.74, 6) is -0.126. The highest BCUT2D eigenvalue weighted by atomic mass is 32.2. The Hall–Kier alpha value is -0.910. The molecule has 1 aliphatic heterocycles. The molecule has 1 heterocycles. The maximum atomic E-state index is 12.2. The average Bonchev–Trinajstić information content (AvgIpc) is 2.32. The molecule has 1 aliphatic rings. The lowest BCUT2D eigenvalue weighted by atomic mass is 9.87. The van der Waals surface area contributed by atoms with Gasteiger partial charge in [-0.25, -0.2) is 4.79 Å². The zero-order valence-corrected chi connectivity index (χ0v) is 12.9. The molecular weight excluding hydrogens is 264 g/mol. The first kappa shape index (κ1) is 16.1. The number of hydrogen-bond donors (Lipinski definition) is 1. The maximum Gasteiger partial charge on any atom is 0.320 e. The fourth-order valence-corrected chi connectivity index (χ4v) is 3.11. The van der Waals surface area contributed by atoms with E-state index >= 15 is 0 Å². The van der Waals surface area contributed by atoms with E-state index in [1.54, 1.807) is 28.5 Å². The van der Waals surface area contributed by atoms with Crippen LogP contribution in [0.3, 0.4) is 0 Å². The second-order valence-electron chi connectivity index (χ2n) is 5.20. The highest BCUT2D eigenvalue weighted by molar-refractivity contribution is 7.98. The molecule has 0 aliphatic carbocycles. The molecule has 2 unspecified atom stereocenters. The minimum absolute atomic E-state index is 0.0229. The fourth-order valence-electron chi connectivity index (χ4n) is 2.26. The Bertz CT molecular complexity index is 332. The zero-order chi connectivity index (χ0) is 14.6. The first-order chi connectivity index (χ1) is 8.92. The van der Waals surface area contributed by atoms with Crippen molar-refractivity contribution in [2.45, 2.75) is 26.3 Å². The Kier molecular flexibility index (Phi) is 5.97. The highest BCUT2D eigenvalue weighted by Crippen LogP contribution is 2.25. The largest absolute Gasteiger partial charge is 0.481 e. The van der Waals surface area contributed by atoms with Gasteiger partial charge in [-0.2, -0.15) is 11.8 Å². The second-order valence-corrected chi connectivity index (χ2v) is 6.11. The minimum Gasteiger partial charge on any atom is -0.481 e. The summed E-state index contributed by atoms with van der Waals surface area (Å²) in [7, 11) is 1.83. The van der Waals surface area contributed by atoms with Crippen LogP contribution >= 0.6 is 11.8 Å². The summed E-state index contributed by atoms with van der Waals surface area (Å²) in [5.41, 5.74) is 0. The number of rotatable bonds is 6. The molecule has 5 nitrogen and oxygen atoms in total. The van der Waals surface area contributed by atoms with Crippen molar-refractivity contribution in [1.29, 1.82) is 0 Å². The maximum absolute atomic E-state index is 12.2. The first-order valence-corrected chi connectivity index (χ1v) is 8.05. The molecule has 0 radical (unpaired) electrons. The van der Waals surface area contributed by atoms with E-state index in [0.717, 1.165) is 12.2 Å². The molecule has 1 rings (SSSR count). The standard InChI is InChI=1S/C13H24N2O3S/c1-5-11(8-19-4)14(3)13(18)15-6-10(7-15)9(2)12(16)17/h9-11H,5-8H2,1-4H3,(H,16,17). The molecule has 2 atom stereocenters. The summed E-state index contributed by atoms with van der Waals surface area (Å²) in [4.78, 5) is 26.6. The van der Waals surface area contributed by atoms with Gasteiger partial charge in [-0.1, -0.05) is 13.8 Å². The third-order valence-electron chi connectivity index (χ3n) is 3.96. The number of thioether (sulfide) groups is 1. The number of likely N-dealkylation sites (tertiary alicyclic amines) is 1. The van der Waals surface area contributed by atoms with E-state index < -0.39 is 5.97 Å². The van der Waals surface area contributed by atoms with E-state index in [2.05, 4.69) is 6.92 Å². The van der Waals surface area contributed by atoms with Crippen LogP contribution in [0.25, 0.3) is 0 Å². The lowest BCUT2D eigenvalue weighted by Crippen LogP contribution is -2.58. The van der Waals surface area contributed by atoms with E-state index in [9.17, 15) is 9.59 Å². The van der Waals surface area contributed by atoms with Crippen LogP contribution in [0, 0.1) is 11.8 Å². The molecule has 0 bridgehead atoms. The SMILES string of the molecule is CCC(CSC)N(C)C(=O)N1CC(C(C)C(=O)O)C1. The van der Waals surface area contributed by atoms with Gasteiger partial charge in [0.25, 0.3) is 0 Å². The van der Waals surface area contributed by atoms with Gasteiger partial charge in [-0.15, -0.1) is 0 Å². The molecule has 0 saturated carbocycles. The van der Waals surface area contributed by atoms with Crippen molar-refractivity contribution in [3.63, 3.8) is 0 Å². The number of aliphatic carboxylic acids is 1. The Labute approximate surface area is 119 Å². The topological polar surface area (TPSA) is 60.9 Å². The summed E-state index contributed by atoms with van der Waals surface area (Å²) in [6.45, 7) is 4.91. The van der Waals surface area contributed by atoms with Gasteiger partial charge in [0, 0.05) is 37.8 Å². The van der Waals surface area contributed by atoms with Gasteiger partial charge in [0.1, 0.15) is 0 Å². The molecule has 19 heavy (non-hydrogen) atoms. The van der Waals surface area contributed by atoms with Crippen molar-refractivity contribution in [1.82, 2.24) is 9.80 Å². The molecule has 2 amide bonds. The highest BCUT2D eigenvalue weighted by Gasteiger charge is 2.38. The van der Waals surface area contributed by atoms with E-state index in [1.165, 1.54) is 0 Å². The van der Waals surface area contributed by atoms with Gasteiger partial charge in [-0.3, -0.25) is 4.79 Å². The molecule has 0 spiro atoms. The van der Waals surface area contributed by atoms with Crippen LogP contribution in [0.2, 0.25) is 0 Å². The predicted octanol–water partition coefficient (Wildman–Crippen LogP) is 1.83.